The Kier molecular flexibility index (Phi) is 5.03. The molecule has 0 saturated carbocycles. The van der Waals surface area contributed by atoms with Crippen molar-refractivity contribution in [2.24, 2.45) is 0 Å². The normalized spacial score (nSPS) is 24.2. The van der Waals surface area contributed by atoms with Crippen LogP contribution in [0.4, 0.5) is 0 Å². The second-order valence-corrected chi connectivity index (χ2v) is 6.97. The van der Waals surface area contributed by atoms with Crippen molar-refractivity contribution in [2.75, 3.05) is 0 Å². The summed E-state index contributed by atoms with van der Waals surface area (Å²) in [5.74, 6) is -0.0531. The molecule has 0 bridgehead atoms. The Balaban J connectivity index is 2.11. The van der Waals surface area contributed by atoms with E-state index in [4.69, 9.17) is 0 Å². The average molecular weight is 390 g/mol. The van der Waals surface area contributed by atoms with E-state index in [1.807, 2.05) is 18.2 Å². The van der Waals surface area contributed by atoms with Gasteiger partial charge in [-0.05, 0) is 44.9 Å². The lowest BCUT2D eigenvalue weighted by Gasteiger charge is -2.38. The SMILES string of the molecule is CC1CCCC(C)N1NC(=O)c1cc(Br)cc(Br)c1. The zero-order valence-electron chi connectivity index (χ0n) is 11.1. The number of piperidine rings is 1. The Morgan fingerprint density at radius 1 is 1.16 bits per heavy atom. The van der Waals surface area contributed by atoms with Crippen LogP contribution in [0.15, 0.2) is 27.1 Å². The molecule has 0 spiro atoms. The molecule has 1 aromatic carbocycles. The molecule has 5 heteroatoms. The van der Waals surface area contributed by atoms with Crippen molar-refractivity contribution < 1.29 is 4.79 Å². The fraction of sp³-hybridized carbons (Fsp3) is 0.500. The molecule has 3 nitrogen and oxygen atoms in total. The van der Waals surface area contributed by atoms with Crippen LogP contribution in [0, 0.1) is 0 Å². The van der Waals surface area contributed by atoms with Gasteiger partial charge in [0.15, 0.2) is 0 Å². The maximum atomic E-state index is 12.3. The number of nitrogens with zero attached hydrogens (tertiary/aromatic N) is 1. The summed E-state index contributed by atoms with van der Waals surface area (Å²) in [4.78, 5) is 12.3. The molecule has 2 rings (SSSR count). The summed E-state index contributed by atoms with van der Waals surface area (Å²) in [6.07, 6.45) is 3.50. The second-order valence-electron chi connectivity index (χ2n) is 5.14. The van der Waals surface area contributed by atoms with Gasteiger partial charge in [0.2, 0.25) is 0 Å². The van der Waals surface area contributed by atoms with E-state index in [0.717, 1.165) is 21.8 Å². The molecule has 1 heterocycles. The predicted octanol–water partition coefficient (Wildman–Crippen LogP) is 4.12. The van der Waals surface area contributed by atoms with Crippen LogP contribution in [0.1, 0.15) is 43.5 Å². The van der Waals surface area contributed by atoms with E-state index in [0.29, 0.717) is 17.6 Å². The van der Waals surface area contributed by atoms with Gasteiger partial charge in [-0.15, -0.1) is 0 Å². The molecule has 1 amide bonds. The summed E-state index contributed by atoms with van der Waals surface area (Å²) in [5.41, 5.74) is 3.70. The van der Waals surface area contributed by atoms with Crippen molar-refractivity contribution in [1.29, 1.82) is 0 Å². The van der Waals surface area contributed by atoms with Crippen molar-refractivity contribution in [3.63, 3.8) is 0 Å². The van der Waals surface area contributed by atoms with Crippen LogP contribution in [0.3, 0.4) is 0 Å². The third kappa shape index (κ3) is 3.80. The summed E-state index contributed by atoms with van der Waals surface area (Å²) in [5, 5.41) is 2.08. The van der Waals surface area contributed by atoms with Gasteiger partial charge in [0.25, 0.3) is 5.91 Å². The van der Waals surface area contributed by atoms with Gasteiger partial charge in [-0.1, -0.05) is 38.3 Å². The highest BCUT2D eigenvalue weighted by Gasteiger charge is 2.26. The van der Waals surface area contributed by atoms with Crippen LogP contribution in [-0.4, -0.2) is 23.0 Å². The molecule has 2 unspecified atom stereocenters. The second kappa shape index (κ2) is 6.37. The Morgan fingerprint density at radius 3 is 2.21 bits per heavy atom. The van der Waals surface area contributed by atoms with Crippen LogP contribution in [0.2, 0.25) is 0 Å². The van der Waals surface area contributed by atoms with E-state index in [2.05, 4.69) is 56.1 Å². The molecule has 1 aliphatic heterocycles. The molecular formula is C14H18Br2N2O. The molecule has 1 aliphatic rings. The highest BCUT2D eigenvalue weighted by molar-refractivity contribution is 9.11. The number of benzene rings is 1. The number of amides is 1. The lowest BCUT2D eigenvalue weighted by molar-refractivity contribution is 0.0369. The Labute approximate surface area is 131 Å². The van der Waals surface area contributed by atoms with Gasteiger partial charge in [-0.25, -0.2) is 5.01 Å². The van der Waals surface area contributed by atoms with E-state index in [1.54, 1.807) is 0 Å². The largest absolute Gasteiger partial charge is 0.284 e. The van der Waals surface area contributed by atoms with E-state index >= 15 is 0 Å². The van der Waals surface area contributed by atoms with Crippen LogP contribution in [-0.2, 0) is 0 Å². The molecular weight excluding hydrogens is 372 g/mol. The van der Waals surface area contributed by atoms with Crippen LogP contribution >= 0.6 is 31.9 Å². The zero-order chi connectivity index (χ0) is 14.0. The number of halogens is 2. The number of hydrogen-bond donors (Lipinski definition) is 1. The van der Waals surface area contributed by atoms with Gasteiger partial charge in [0.05, 0.1) is 0 Å². The third-order valence-corrected chi connectivity index (χ3v) is 4.46. The topological polar surface area (TPSA) is 32.3 Å². The average Bonchev–Trinajstić information content (AvgIpc) is 2.32. The Hall–Kier alpha value is -0.390. The van der Waals surface area contributed by atoms with Gasteiger partial charge in [-0.3, -0.25) is 10.2 Å². The molecule has 19 heavy (non-hydrogen) atoms. The highest BCUT2D eigenvalue weighted by atomic mass is 79.9. The molecule has 1 saturated heterocycles. The van der Waals surface area contributed by atoms with Crippen LogP contribution in [0.5, 0.6) is 0 Å². The van der Waals surface area contributed by atoms with Gasteiger partial charge >= 0.3 is 0 Å². The van der Waals surface area contributed by atoms with Gasteiger partial charge in [0.1, 0.15) is 0 Å². The first-order valence-corrected chi connectivity index (χ1v) is 8.11. The summed E-state index contributed by atoms with van der Waals surface area (Å²) in [7, 11) is 0. The Bertz CT molecular complexity index is 448. The number of nitrogens with one attached hydrogen (secondary N) is 1. The minimum absolute atomic E-state index is 0.0531. The fourth-order valence-electron chi connectivity index (χ4n) is 2.51. The first kappa shape index (κ1) is 15.0. The number of carbonyl (C=O) groups excluding carboxylic acids is 1. The molecule has 1 N–H and O–H groups in total. The minimum Gasteiger partial charge on any atom is -0.284 e. The van der Waals surface area contributed by atoms with Crippen molar-refractivity contribution >= 4 is 37.8 Å². The Morgan fingerprint density at radius 2 is 1.68 bits per heavy atom. The van der Waals surface area contributed by atoms with Gasteiger partial charge < -0.3 is 0 Å². The predicted molar refractivity (Wildman–Crippen MR) is 83.9 cm³/mol. The van der Waals surface area contributed by atoms with Gasteiger partial charge in [0, 0.05) is 26.6 Å². The van der Waals surface area contributed by atoms with Gasteiger partial charge in [-0.2, -0.15) is 0 Å². The molecule has 0 aliphatic carbocycles. The standard InChI is InChI=1S/C14H18Br2N2O/c1-9-4-3-5-10(2)18(9)17-14(19)11-6-12(15)8-13(16)7-11/h6-10H,3-5H2,1-2H3,(H,17,19). The number of hydrazine groups is 1. The maximum Gasteiger partial charge on any atom is 0.265 e. The fourth-order valence-corrected chi connectivity index (χ4v) is 3.80. The summed E-state index contributed by atoms with van der Waals surface area (Å²) in [6.45, 7) is 4.32. The molecule has 0 radical (unpaired) electrons. The monoisotopic (exact) mass is 388 g/mol. The number of hydrogen-bond acceptors (Lipinski definition) is 2. The van der Waals surface area contributed by atoms with Crippen molar-refractivity contribution in [3.8, 4) is 0 Å². The molecule has 104 valence electrons. The molecule has 0 aromatic heterocycles. The number of rotatable bonds is 2. The van der Waals surface area contributed by atoms with E-state index < -0.39 is 0 Å². The van der Waals surface area contributed by atoms with Crippen LogP contribution < -0.4 is 5.43 Å². The summed E-state index contributed by atoms with van der Waals surface area (Å²) >= 11 is 6.81. The maximum absolute atomic E-state index is 12.3. The summed E-state index contributed by atoms with van der Waals surface area (Å²) < 4.78 is 1.79. The van der Waals surface area contributed by atoms with Crippen molar-refractivity contribution in [3.05, 3.63) is 32.7 Å². The van der Waals surface area contributed by atoms with E-state index in [-0.39, 0.29) is 5.91 Å². The number of carbonyl (C=O) groups is 1. The smallest absolute Gasteiger partial charge is 0.265 e. The zero-order valence-corrected chi connectivity index (χ0v) is 14.3. The van der Waals surface area contributed by atoms with E-state index in [9.17, 15) is 4.79 Å². The van der Waals surface area contributed by atoms with Crippen molar-refractivity contribution in [2.45, 2.75) is 45.2 Å². The van der Waals surface area contributed by atoms with Crippen LogP contribution in [0.25, 0.3) is 0 Å². The molecule has 2 atom stereocenters. The first-order chi connectivity index (χ1) is 8.97. The molecule has 1 aromatic rings. The first-order valence-electron chi connectivity index (χ1n) is 6.53. The lowest BCUT2D eigenvalue weighted by Crippen LogP contribution is -2.54. The van der Waals surface area contributed by atoms with E-state index in [1.165, 1.54) is 6.42 Å². The lowest BCUT2D eigenvalue weighted by atomic mass is 10.00. The van der Waals surface area contributed by atoms with Crippen molar-refractivity contribution in [1.82, 2.24) is 10.4 Å². The third-order valence-electron chi connectivity index (χ3n) is 3.55. The quantitative estimate of drug-likeness (QED) is 0.824. The molecule has 1 fully saturated rings. The highest BCUT2D eigenvalue weighted by Crippen LogP contribution is 2.22. The minimum atomic E-state index is -0.0531. The summed E-state index contributed by atoms with van der Waals surface area (Å²) in [6, 6.07) is 6.37.